The summed E-state index contributed by atoms with van der Waals surface area (Å²) in [6, 6.07) is 9.96. The summed E-state index contributed by atoms with van der Waals surface area (Å²) in [4.78, 5) is 22.2. The lowest BCUT2D eigenvalue weighted by Crippen LogP contribution is -2.39. The highest BCUT2D eigenvalue weighted by atomic mass is 32.2. The molecular weight excluding hydrogens is 500 g/mol. The lowest BCUT2D eigenvalue weighted by molar-refractivity contribution is 0.0985. The zero-order valence-electron chi connectivity index (χ0n) is 20.6. The number of ether oxygens (including phenoxy) is 2. The van der Waals surface area contributed by atoms with Crippen LogP contribution in [0.1, 0.15) is 30.1 Å². The fourth-order valence-corrected chi connectivity index (χ4v) is 7.04. The molecule has 3 heterocycles. The molecule has 0 bridgehead atoms. The van der Waals surface area contributed by atoms with Crippen molar-refractivity contribution in [3.05, 3.63) is 42.0 Å². The number of hydrogen-bond acceptors (Lipinski definition) is 8. The number of fused-ring (bicyclic) bond motifs is 2. The second-order valence-electron chi connectivity index (χ2n) is 9.56. The Kier molecular flexibility index (Phi) is 6.90. The molecule has 0 unspecified atom stereocenters. The Bertz CT molecular complexity index is 1330. The van der Waals surface area contributed by atoms with Gasteiger partial charge in [-0.2, -0.15) is 4.31 Å². The monoisotopic (exact) mass is 530 g/mol. The molecule has 192 valence electrons. The van der Waals surface area contributed by atoms with Crippen LogP contribution in [0.5, 0.6) is 11.5 Å². The number of benzene rings is 2. The van der Waals surface area contributed by atoms with E-state index in [1.54, 1.807) is 21.3 Å². The number of piperidine rings is 1. The van der Waals surface area contributed by atoms with E-state index in [1.165, 1.54) is 23.5 Å². The van der Waals surface area contributed by atoms with E-state index in [-0.39, 0.29) is 17.6 Å². The Morgan fingerprint density at radius 2 is 1.86 bits per heavy atom. The minimum Gasteiger partial charge on any atom is -0.454 e. The average molecular weight is 531 g/mol. The molecule has 9 nitrogen and oxygen atoms in total. The van der Waals surface area contributed by atoms with Gasteiger partial charge in [-0.1, -0.05) is 18.3 Å². The summed E-state index contributed by atoms with van der Waals surface area (Å²) < 4.78 is 39.6. The topological polar surface area (TPSA) is 92.3 Å². The van der Waals surface area contributed by atoms with E-state index in [0.717, 1.165) is 23.1 Å². The molecule has 3 aromatic rings. The van der Waals surface area contributed by atoms with Crippen LogP contribution in [0.15, 0.2) is 41.3 Å². The van der Waals surface area contributed by atoms with Gasteiger partial charge in [-0.15, -0.1) is 0 Å². The van der Waals surface area contributed by atoms with Gasteiger partial charge >= 0.3 is 0 Å². The highest BCUT2D eigenvalue weighted by Crippen LogP contribution is 2.40. The third-order valence-electron chi connectivity index (χ3n) is 6.48. The quantitative estimate of drug-likeness (QED) is 0.460. The highest BCUT2D eigenvalue weighted by molar-refractivity contribution is 7.89. The van der Waals surface area contributed by atoms with Crippen molar-refractivity contribution < 1.29 is 22.7 Å². The summed E-state index contributed by atoms with van der Waals surface area (Å²) in [6.07, 6.45) is 1.90. The lowest BCUT2D eigenvalue weighted by Gasteiger charge is -2.30. The van der Waals surface area contributed by atoms with E-state index in [0.29, 0.717) is 54.3 Å². The molecule has 0 saturated carbocycles. The number of sulfonamides is 1. The van der Waals surface area contributed by atoms with Crippen molar-refractivity contribution >= 4 is 42.6 Å². The maximum atomic E-state index is 13.6. The zero-order valence-corrected chi connectivity index (χ0v) is 22.3. The smallest absolute Gasteiger partial charge is 0.260 e. The molecule has 36 heavy (non-hydrogen) atoms. The molecule has 1 aromatic heterocycles. The standard InChI is InChI=1S/C25H30N4O5S2/c1-17-5-4-10-28(15-17)36(31,32)19-8-6-18(7-9-19)24(30)29(12-11-27(2)3)25-26-20-13-21-22(34-16-33-21)14-23(20)35-25/h6-9,13-14,17H,4-5,10-12,15-16H2,1-3H3/t17-/m1/s1. The van der Waals surface area contributed by atoms with Crippen molar-refractivity contribution in [1.29, 1.82) is 0 Å². The predicted molar refractivity (Wildman–Crippen MR) is 140 cm³/mol. The van der Waals surface area contributed by atoms with Crippen molar-refractivity contribution in [2.45, 2.75) is 24.7 Å². The SMILES string of the molecule is C[C@@H]1CCCN(S(=O)(=O)c2ccc(C(=O)N(CCN(C)C)c3nc4cc5c(cc4s3)OCO5)cc2)C1. The minimum atomic E-state index is -3.59. The van der Waals surface area contributed by atoms with Gasteiger partial charge in [0.25, 0.3) is 5.91 Å². The minimum absolute atomic E-state index is 0.190. The van der Waals surface area contributed by atoms with E-state index in [1.807, 2.05) is 31.1 Å². The second kappa shape index (κ2) is 9.97. The summed E-state index contributed by atoms with van der Waals surface area (Å²) >= 11 is 1.41. The van der Waals surface area contributed by atoms with Gasteiger partial charge in [0.05, 0.1) is 15.1 Å². The maximum Gasteiger partial charge on any atom is 0.260 e. The molecule has 1 atom stereocenters. The zero-order chi connectivity index (χ0) is 25.4. The molecule has 2 aromatic carbocycles. The second-order valence-corrected chi connectivity index (χ2v) is 12.5. The molecule has 5 rings (SSSR count). The predicted octanol–water partition coefficient (Wildman–Crippen LogP) is 3.65. The van der Waals surface area contributed by atoms with Gasteiger partial charge < -0.3 is 14.4 Å². The Labute approximate surface area is 215 Å². The van der Waals surface area contributed by atoms with Gasteiger partial charge in [-0.25, -0.2) is 13.4 Å². The first-order chi connectivity index (χ1) is 17.2. The van der Waals surface area contributed by atoms with Crippen molar-refractivity contribution in [3.8, 4) is 11.5 Å². The van der Waals surface area contributed by atoms with Crippen LogP contribution in [0.2, 0.25) is 0 Å². The molecule has 0 N–H and O–H groups in total. The molecule has 1 amide bonds. The summed E-state index contributed by atoms with van der Waals surface area (Å²) in [5.41, 5.74) is 1.15. The van der Waals surface area contributed by atoms with Gasteiger partial charge in [0, 0.05) is 43.9 Å². The van der Waals surface area contributed by atoms with E-state index >= 15 is 0 Å². The molecule has 11 heteroatoms. The first-order valence-electron chi connectivity index (χ1n) is 12.0. The Hall–Kier alpha value is -2.73. The third kappa shape index (κ3) is 4.93. The number of amides is 1. The van der Waals surface area contributed by atoms with Crippen molar-refractivity contribution in [2.24, 2.45) is 5.92 Å². The number of nitrogens with zero attached hydrogens (tertiary/aromatic N) is 4. The Balaban J connectivity index is 1.42. The van der Waals surface area contributed by atoms with Crippen LogP contribution < -0.4 is 14.4 Å². The molecule has 2 aliphatic rings. The fourth-order valence-electron chi connectivity index (χ4n) is 4.44. The largest absolute Gasteiger partial charge is 0.454 e. The summed E-state index contributed by atoms with van der Waals surface area (Å²) in [7, 11) is 0.305. The lowest BCUT2D eigenvalue weighted by atomic mass is 10.0. The van der Waals surface area contributed by atoms with Gasteiger partial charge in [0.15, 0.2) is 16.6 Å². The number of hydrogen-bond donors (Lipinski definition) is 0. The molecule has 0 radical (unpaired) electrons. The number of likely N-dealkylation sites (N-methyl/N-ethyl adjacent to an activating group) is 1. The molecule has 2 aliphatic heterocycles. The number of carbonyl (C=O) groups is 1. The average Bonchev–Trinajstić information content (AvgIpc) is 3.48. The highest BCUT2D eigenvalue weighted by Gasteiger charge is 2.29. The van der Waals surface area contributed by atoms with E-state index in [2.05, 4.69) is 6.92 Å². The summed E-state index contributed by atoms with van der Waals surface area (Å²) in [6.45, 7) is 4.40. The summed E-state index contributed by atoms with van der Waals surface area (Å²) in [5, 5.41) is 0.569. The van der Waals surface area contributed by atoms with E-state index in [9.17, 15) is 13.2 Å². The van der Waals surface area contributed by atoms with E-state index < -0.39 is 10.0 Å². The van der Waals surface area contributed by atoms with Gasteiger partial charge in [0.2, 0.25) is 16.8 Å². The summed E-state index contributed by atoms with van der Waals surface area (Å²) in [5.74, 6) is 1.42. The van der Waals surface area contributed by atoms with Crippen LogP contribution in [-0.4, -0.2) is 75.6 Å². The van der Waals surface area contributed by atoms with Crippen molar-refractivity contribution in [1.82, 2.24) is 14.2 Å². The van der Waals surface area contributed by atoms with Gasteiger partial charge in [-0.05, 0) is 57.1 Å². The van der Waals surface area contributed by atoms with Crippen LogP contribution in [0.4, 0.5) is 5.13 Å². The van der Waals surface area contributed by atoms with Crippen LogP contribution in [0.25, 0.3) is 10.2 Å². The Morgan fingerprint density at radius 3 is 2.56 bits per heavy atom. The Morgan fingerprint density at radius 1 is 1.14 bits per heavy atom. The number of anilines is 1. The van der Waals surface area contributed by atoms with Gasteiger partial charge in [0.1, 0.15) is 0 Å². The third-order valence-corrected chi connectivity index (χ3v) is 9.40. The first kappa shape index (κ1) is 24.9. The van der Waals surface area contributed by atoms with Gasteiger partial charge in [-0.3, -0.25) is 9.69 Å². The number of carbonyl (C=O) groups excluding carboxylic acids is 1. The molecular formula is C25H30N4O5S2. The first-order valence-corrected chi connectivity index (χ1v) is 14.2. The van der Waals surface area contributed by atoms with Crippen molar-refractivity contribution in [3.63, 3.8) is 0 Å². The molecule has 0 spiro atoms. The van der Waals surface area contributed by atoms with Crippen LogP contribution in [0.3, 0.4) is 0 Å². The van der Waals surface area contributed by atoms with E-state index in [4.69, 9.17) is 14.5 Å². The van der Waals surface area contributed by atoms with Crippen LogP contribution in [0, 0.1) is 5.92 Å². The number of aromatic nitrogens is 1. The van der Waals surface area contributed by atoms with Crippen molar-refractivity contribution in [2.75, 3.05) is 52.0 Å². The van der Waals surface area contributed by atoms with Crippen LogP contribution >= 0.6 is 11.3 Å². The van der Waals surface area contributed by atoms with Crippen LogP contribution in [-0.2, 0) is 10.0 Å². The molecule has 1 saturated heterocycles. The normalized spacial score (nSPS) is 18.2. The number of thiazole rings is 1. The maximum absolute atomic E-state index is 13.6. The fraction of sp³-hybridized carbons (Fsp3) is 0.440. The molecule has 1 fully saturated rings. The number of rotatable bonds is 7. The molecule has 0 aliphatic carbocycles.